The van der Waals surface area contributed by atoms with Crippen molar-refractivity contribution < 1.29 is 19.1 Å². The van der Waals surface area contributed by atoms with Crippen molar-refractivity contribution in [1.29, 1.82) is 0 Å². The summed E-state index contributed by atoms with van der Waals surface area (Å²) < 4.78 is 11.4. The number of hydrogen-bond acceptors (Lipinski definition) is 4. The van der Waals surface area contributed by atoms with Crippen LogP contribution in [0.15, 0.2) is 12.2 Å². The van der Waals surface area contributed by atoms with Gasteiger partial charge in [0.1, 0.15) is 12.2 Å². The van der Waals surface area contributed by atoms with Crippen LogP contribution < -0.4 is 0 Å². The zero-order valence-electron chi connectivity index (χ0n) is 18.6. The Labute approximate surface area is 171 Å². The molecule has 0 radical (unpaired) electrons. The number of esters is 2. The van der Waals surface area contributed by atoms with Gasteiger partial charge in [0.25, 0.3) is 0 Å². The molecule has 2 aliphatic rings. The molecule has 0 N–H and O–H groups in total. The van der Waals surface area contributed by atoms with Crippen molar-refractivity contribution in [2.24, 2.45) is 35.5 Å². The van der Waals surface area contributed by atoms with Crippen LogP contribution in [0.5, 0.6) is 0 Å². The SMILES string of the molecule is CC(C)C1CC[C@H](C)C[C@@H]1OC(=O)/C=C/C(=O)O[C@H]1C[C@@H](C)CC[C@@H]1C(C)C. The molecule has 1 unspecified atom stereocenters. The first-order valence-corrected chi connectivity index (χ1v) is 11.3. The Morgan fingerprint density at radius 2 is 1.07 bits per heavy atom. The third kappa shape index (κ3) is 6.63. The molecule has 0 aliphatic heterocycles. The summed E-state index contributed by atoms with van der Waals surface area (Å²) in [5.74, 6) is 2.05. The maximum Gasteiger partial charge on any atom is 0.331 e. The van der Waals surface area contributed by atoms with E-state index in [0.29, 0.717) is 35.5 Å². The highest BCUT2D eigenvalue weighted by molar-refractivity contribution is 5.91. The van der Waals surface area contributed by atoms with Crippen molar-refractivity contribution in [3.8, 4) is 0 Å². The Bertz CT molecular complexity index is 503. The van der Waals surface area contributed by atoms with Crippen LogP contribution >= 0.6 is 0 Å². The van der Waals surface area contributed by atoms with Gasteiger partial charge in [-0.1, -0.05) is 54.4 Å². The van der Waals surface area contributed by atoms with Gasteiger partial charge in [0.15, 0.2) is 0 Å². The molecule has 2 aliphatic carbocycles. The molecule has 4 nitrogen and oxygen atoms in total. The van der Waals surface area contributed by atoms with Crippen molar-refractivity contribution in [3.63, 3.8) is 0 Å². The maximum atomic E-state index is 12.3. The molecule has 0 saturated heterocycles. The van der Waals surface area contributed by atoms with Crippen molar-refractivity contribution in [1.82, 2.24) is 0 Å². The molecular formula is C24H40O4. The van der Waals surface area contributed by atoms with Gasteiger partial charge in [0, 0.05) is 12.2 Å². The fourth-order valence-electron chi connectivity index (χ4n) is 5.01. The highest BCUT2D eigenvalue weighted by atomic mass is 16.5. The van der Waals surface area contributed by atoms with Crippen molar-refractivity contribution in [3.05, 3.63) is 12.2 Å². The second-order valence-electron chi connectivity index (χ2n) is 9.94. The third-order valence-corrected chi connectivity index (χ3v) is 6.81. The maximum absolute atomic E-state index is 12.3. The van der Waals surface area contributed by atoms with Gasteiger partial charge in [0.05, 0.1) is 0 Å². The Kier molecular flexibility index (Phi) is 8.57. The summed E-state index contributed by atoms with van der Waals surface area (Å²) in [4.78, 5) is 24.6. The molecule has 160 valence electrons. The lowest BCUT2D eigenvalue weighted by Crippen LogP contribution is -2.36. The summed E-state index contributed by atoms with van der Waals surface area (Å²) in [7, 11) is 0. The smallest absolute Gasteiger partial charge is 0.331 e. The van der Waals surface area contributed by atoms with Crippen molar-refractivity contribution >= 4 is 11.9 Å². The van der Waals surface area contributed by atoms with Crippen molar-refractivity contribution in [2.45, 2.75) is 92.3 Å². The number of carbonyl (C=O) groups excluding carboxylic acids is 2. The summed E-state index contributed by atoms with van der Waals surface area (Å²) in [6.45, 7) is 13.2. The van der Waals surface area contributed by atoms with Gasteiger partial charge in [-0.05, 0) is 61.2 Å². The van der Waals surface area contributed by atoms with E-state index < -0.39 is 11.9 Å². The van der Waals surface area contributed by atoms with E-state index >= 15 is 0 Å². The molecule has 0 bridgehead atoms. The minimum atomic E-state index is -0.431. The molecule has 2 rings (SSSR count). The second kappa shape index (κ2) is 10.5. The van der Waals surface area contributed by atoms with Gasteiger partial charge in [-0.2, -0.15) is 0 Å². The van der Waals surface area contributed by atoms with Gasteiger partial charge >= 0.3 is 11.9 Å². The molecule has 0 amide bonds. The zero-order chi connectivity index (χ0) is 20.8. The van der Waals surface area contributed by atoms with E-state index in [0.717, 1.165) is 25.7 Å². The minimum Gasteiger partial charge on any atom is -0.459 e. The van der Waals surface area contributed by atoms with Crippen LogP contribution in [0, 0.1) is 35.5 Å². The van der Waals surface area contributed by atoms with Crippen molar-refractivity contribution in [2.75, 3.05) is 0 Å². The van der Waals surface area contributed by atoms with Crippen LogP contribution in [0.2, 0.25) is 0 Å². The van der Waals surface area contributed by atoms with E-state index in [4.69, 9.17) is 9.47 Å². The van der Waals surface area contributed by atoms with E-state index in [1.54, 1.807) is 0 Å². The first-order valence-electron chi connectivity index (χ1n) is 11.3. The summed E-state index contributed by atoms with van der Waals surface area (Å²) >= 11 is 0. The van der Waals surface area contributed by atoms with Crippen LogP contribution in [-0.2, 0) is 19.1 Å². The number of ether oxygens (including phenoxy) is 2. The fourth-order valence-corrected chi connectivity index (χ4v) is 5.01. The molecule has 0 aromatic carbocycles. The Hall–Kier alpha value is -1.32. The Morgan fingerprint density at radius 1 is 0.714 bits per heavy atom. The lowest BCUT2D eigenvalue weighted by atomic mass is 9.75. The van der Waals surface area contributed by atoms with Gasteiger partial charge in [-0.3, -0.25) is 0 Å². The minimum absolute atomic E-state index is 0.0542. The number of carbonyl (C=O) groups is 2. The molecule has 4 heteroatoms. The lowest BCUT2D eigenvalue weighted by molar-refractivity contribution is -0.152. The third-order valence-electron chi connectivity index (χ3n) is 6.81. The normalized spacial score (nSPS) is 34.0. The monoisotopic (exact) mass is 392 g/mol. The van der Waals surface area contributed by atoms with Crippen LogP contribution in [0.1, 0.15) is 80.1 Å². The van der Waals surface area contributed by atoms with Crippen LogP contribution in [0.4, 0.5) is 0 Å². The van der Waals surface area contributed by atoms with Crippen LogP contribution in [0.3, 0.4) is 0 Å². The van der Waals surface area contributed by atoms with E-state index in [1.807, 2.05) is 0 Å². The average Bonchev–Trinajstić information content (AvgIpc) is 2.59. The Morgan fingerprint density at radius 3 is 1.39 bits per heavy atom. The van der Waals surface area contributed by atoms with Gasteiger partial charge in [0.2, 0.25) is 0 Å². The highest BCUT2D eigenvalue weighted by Crippen LogP contribution is 2.36. The first-order chi connectivity index (χ1) is 13.2. The predicted octanol–water partition coefficient (Wildman–Crippen LogP) is 5.55. The molecule has 0 aromatic rings. The largest absolute Gasteiger partial charge is 0.459 e. The molecule has 2 fully saturated rings. The number of hydrogen-bond donors (Lipinski definition) is 0. The van der Waals surface area contributed by atoms with Gasteiger partial charge in [-0.15, -0.1) is 0 Å². The topological polar surface area (TPSA) is 52.6 Å². The molecule has 0 spiro atoms. The average molecular weight is 393 g/mol. The first kappa shape index (κ1) is 23.0. The zero-order valence-corrected chi connectivity index (χ0v) is 18.6. The van der Waals surface area contributed by atoms with E-state index in [-0.39, 0.29) is 12.2 Å². The summed E-state index contributed by atoms with van der Waals surface area (Å²) in [5, 5.41) is 0. The Balaban J connectivity index is 1.89. The second-order valence-corrected chi connectivity index (χ2v) is 9.94. The highest BCUT2D eigenvalue weighted by Gasteiger charge is 2.34. The summed E-state index contributed by atoms with van der Waals surface area (Å²) in [5.41, 5.74) is 0. The van der Waals surface area contributed by atoms with E-state index in [1.165, 1.54) is 25.0 Å². The lowest BCUT2D eigenvalue weighted by Gasteiger charge is -2.36. The fraction of sp³-hybridized carbons (Fsp3) is 0.833. The quantitative estimate of drug-likeness (QED) is 0.439. The van der Waals surface area contributed by atoms with E-state index in [2.05, 4.69) is 41.5 Å². The molecular weight excluding hydrogens is 352 g/mol. The van der Waals surface area contributed by atoms with Gasteiger partial charge in [-0.25, -0.2) is 9.59 Å². The van der Waals surface area contributed by atoms with Crippen LogP contribution in [-0.4, -0.2) is 24.1 Å². The van der Waals surface area contributed by atoms with Crippen LogP contribution in [0.25, 0.3) is 0 Å². The van der Waals surface area contributed by atoms with Gasteiger partial charge < -0.3 is 9.47 Å². The van der Waals surface area contributed by atoms with E-state index in [9.17, 15) is 9.59 Å². The molecule has 0 heterocycles. The number of rotatable bonds is 6. The molecule has 0 aromatic heterocycles. The summed E-state index contributed by atoms with van der Waals surface area (Å²) in [6.07, 6.45) is 8.77. The predicted molar refractivity (Wildman–Crippen MR) is 112 cm³/mol. The molecule has 6 atom stereocenters. The molecule has 28 heavy (non-hydrogen) atoms. The molecule has 2 saturated carbocycles. The standard InChI is InChI=1S/C24H40O4/c1-15(2)19-9-7-17(5)13-21(19)27-23(25)11-12-24(26)28-22-14-18(6)8-10-20(22)16(3)4/h11-12,15-22H,7-10,13-14H2,1-6H3/b12-11+/t17-,18-,19+,20?,21-,22-/m0/s1. The summed E-state index contributed by atoms with van der Waals surface area (Å²) in [6, 6.07) is 0.